The van der Waals surface area contributed by atoms with Crippen LogP contribution in [0.15, 0.2) is 21.9 Å². The largest absolute Gasteiger partial charge is 0.480 e. The standard InChI is InChI=1S/C11H15N3O6/c1-20-5-3-7(10(17)18)12-9(16)6-14-4-2-8(15)13-11(14)19/h2,4,7H,3,5-6H2,1H3,(H,12,16)(H,17,18)(H,13,15,19). The van der Waals surface area contributed by atoms with E-state index in [2.05, 4.69) is 5.32 Å². The number of rotatable bonds is 7. The zero-order chi connectivity index (χ0) is 15.1. The summed E-state index contributed by atoms with van der Waals surface area (Å²) in [6.45, 7) is -0.206. The van der Waals surface area contributed by atoms with Crippen LogP contribution in [0.5, 0.6) is 0 Å². The van der Waals surface area contributed by atoms with Crippen molar-refractivity contribution in [1.29, 1.82) is 0 Å². The average molecular weight is 285 g/mol. The Kier molecular flexibility index (Phi) is 5.66. The predicted octanol–water partition coefficient (Wildman–Crippen LogP) is -1.86. The topological polar surface area (TPSA) is 130 Å². The Bertz CT molecular complexity index is 590. The SMILES string of the molecule is COCCC(NC(=O)Cn1ccc(=O)[nH]c1=O)C(=O)O. The molecule has 1 aromatic heterocycles. The van der Waals surface area contributed by atoms with Crippen LogP contribution >= 0.6 is 0 Å². The first kappa shape index (κ1) is 15.6. The molecular weight excluding hydrogens is 270 g/mol. The first-order valence-corrected chi connectivity index (χ1v) is 5.75. The van der Waals surface area contributed by atoms with Crippen molar-refractivity contribution >= 4 is 11.9 Å². The van der Waals surface area contributed by atoms with Crippen LogP contribution in [0.3, 0.4) is 0 Å². The number of carbonyl (C=O) groups excluding carboxylic acids is 1. The molecule has 3 N–H and O–H groups in total. The van der Waals surface area contributed by atoms with Crippen LogP contribution in [-0.2, 0) is 20.9 Å². The van der Waals surface area contributed by atoms with Gasteiger partial charge in [-0.05, 0) is 0 Å². The summed E-state index contributed by atoms with van der Waals surface area (Å²) in [5, 5.41) is 11.2. The van der Waals surface area contributed by atoms with Gasteiger partial charge in [-0.25, -0.2) is 9.59 Å². The lowest BCUT2D eigenvalue weighted by atomic mass is 10.2. The molecule has 0 aliphatic heterocycles. The highest BCUT2D eigenvalue weighted by Crippen LogP contribution is 1.93. The lowest BCUT2D eigenvalue weighted by molar-refractivity contribution is -0.142. The second-order valence-corrected chi connectivity index (χ2v) is 3.98. The summed E-state index contributed by atoms with van der Waals surface area (Å²) in [6, 6.07) is -0.00483. The van der Waals surface area contributed by atoms with Crippen molar-refractivity contribution in [1.82, 2.24) is 14.9 Å². The molecule has 0 radical (unpaired) electrons. The summed E-state index contributed by atoms with van der Waals surface area (Å²) in [5.41, 5.74) is -1.31. The van der Waals surface area contributed by atoms with Crippen LogP contribution < -0.4 is 16.6 Å². The Morgan fingerprint density at radius 1 is 1.50 bits per heavy atom. The second-order valence-electron chi connectivity index (χ2n) is 3.98. The molecule has 0 spiro atoms. The summed E-state index contributed by atoms with van der Waals surface area (Å²) in [4.78, 5) is 46.8. The molecule has 0 aromatic carbocycles. The maximum Gasteiger partial charge on any atom is 0.328 e. The molecule has 0 bridgehead atoms. The lowest BCUT2D eigenvalue weighted by Crippen LogP contribution is -2.44. The maximum atomic E-state index is 11.7. The van der Waals surface area contributed by atoms with Gasteiger partial charge in [-0.2, -0.15) is 0 Å². The number of H-pyrrole nitrogens is 1. The van der Waals surface area contributed by atoms with Crippen molar-refractivity contribution < 1.29 is 19.4 Å². The van der Waals surface area contributed by atoms with Gasteiger partial charge in [0.15, 0.2) is 0 Å². The van der Waals surface area contributed by atoms with Crippen LogP contribution in [0.25, 0.3) is 0 Å². The van der Waals surface area contributed by atoms with Crippen LogP contribution in [0.2, 0.25) is 0 Å². The highest BCUT2D eigenvalue weighted by Gasteiger charge is 2.19. The number of nitrogens with one attached hydrogen (secondary N) is 2. The van der Waals surface area contributed by atoms with E-state index in [1.165, 1.54) is 7.11 Å². The highest BCUT2D eigenvalue weighted by molar-refractivity contribution is 5.83. The minimum absolute atomic E-state index is 0.109. The van der Waals surface area contributed by atoms with Crippen molar-refractivity contribution in [3.05, 3.63) is 33.1 Å². The van der Waals surface area contributed by atoms with E-state index in [1.807, 2.05) is 4.98 Å². The van der Waals surface area contributed by atoms with E-state index in [0.29, 0.717) is 0 Å². The summed E-state index contributed by atoms with van der Waals surface area (Å²) in [7, 11) is 1.42. The van der Waals surface area contributed by atoms with Crippen molar-refractivity contribution in [3.8, 4) is 0 Å². The Morgan fingerprint density at radius 3 is 2.75 bits per heavy atom. The molecule has 0 saturated heterocycles. The third-order valence-electron chi connectivity index (χ3n) is 2.45. The quantitative estimate of drug-likeness (QED) is 0.538. The molecule has 110 valence electrons. The first-order chi connectivity index (χ1) is 9.43. The zero-order valence-electron chi connectivity index (χ0n) is 10.8. The van der Waals surface area contributed by atoms with Crippen LogP contribution in [0.1, 0.15) is 6.42 Å². The van der Waals surface area contributed by atoms with E-state index in [9.17, 15) is 19.2 Å². The first-order valence-electron chi connectivity index (χ1n) is 5.75. The molecule has 0 aliphatic rings. The Hall–Kier alpha value is -2.42. The van der Waals surface area contributed by atoms with E-state index in [-0.39, 0.29) is 19.6 Å². The van der Waals surface area contributed by atoms with Gasteiger partial charge in [0.1, 0.15) is 12.6 Å². The molecule has 0 fully saturated rings. The highest BCUT2D eigenvalue weighted by atomic mass is 16.5. The molecular formula is C11H15N3O6. The number of methoxy groups -OCH3 is 1. The van der Waals surface area contributed by atoms with Crippen molar-refractivity contribution in [2.75, 3.05) is 13.7 Å². The molecule has 1 amide bonds. The normalized spacial score (nSPS) is 11.8. The van der Waals surface area contributed by atoms with Crippen LogP contribution in [0, 0.1) is 0 Å². The summed E-state index contributed by atoms with van der Waals surface area (Å²) >= 11 is 0. The van der Waals surface area contributed by atoms with Gasteiger partial charge in [-0.15, -0.1) is 0 Å². The van der Waals surface area contributed by atoms with Crippen molar-refractivity contribution in [2.45, 2.75) is 19.0 Å². The number of nitrogens with zero attached hydrogens (tertiary/aromatic N) is 1. The summed E-state index contributed by atoms with van der Waals surface area (Å²) < 4.78 is 5.71. The molecule has 1 rings (SSSR count). The van der Waals surface area contributed by atoms with E-state index < -0.39 is 29.2 Å². The van der Waals surface area contributed by atoms with Gasteiger partial charge in [0.2, 0.25) is 5.91 Å². The predicted molar refractivity (Wildman–Crippen MR) is 67.4 cm³/mol. The van der Waals surface area contributed by atoms with Gasteiger partial charge in [-0.3, -0.25) is 19.1 Å². The number of carboxylic acid groups (broad SMARTS) is 1. The maximum absolute atomic E-state index is 11.7. The molecule has 0 saturated carbocycles. The summed E-state index contributed by atoms with van der Waals surface area (Å²) in [6.07, 6.45) is 1.27. The minimum atomic E-state index is -1.19. The number of aromatic nitrogens is 2. The van der Waals surface area contributed by atoms with Gasteiger partial charge >= 0.3 is 11.7 Å². The Morgan fingerprint density at radius 2 is 2.20 bits per heavy atom. The molecule has 20 heavy (non-hydrogen) atoms. The molecule has 9 heteroatoms. The van der Waals surface area contributed by atoms with Crippen LogP contribution in [0.4, 0.5) is 0 Å². The van der Waals surface area contributed by atoms with Gasteiger partial charge in [0.25, 0.3) is 5.56 Å². The number of hydrogen-bond donors (Lipinski definition) is 3. The minimum Gasteiger partial charge on any atom is -0.480 e. The number of aliphatic carboxylic acids is 1. The van der Waals surface area contributed by atoms with E-state index >= 15 is 0 Å². The Labute approximate surface area is 113 Å². The number of amides is 1. The van der Waals surface area contributed by atoms with Crippen molar-refractivity contribution in [3.63, 3.8) is 0 Å². The number of hydrogen-bond acceptors (Lipinski definition) is 5. The van der Waals surface area contributed by atoms with E-state index in [1.54, 1.807) is 0 Å². The second kappa shape index (κ2) is 7.24. The zero-order valence-corrected chi connectivity index (χ0v) is 10.8. The number of carbonyl (C=O) groups is 2. The van der Waals surface area contributed by atoms with E-state index in [4.69, 9.17) is 9.84 Å². The molecule has 1 unspecified atom stereocenters. The fourth-order valence-corrected chi connectivity index (χ4v) is 1.46. The number of aromatic amines is 1. The monoisotopic (exact) mass is 285 g/mol. The van der Waals surface area contributed by atoms with Crippen LogP contribution in [-0.4, -0.2) is 46.3 Å². The number of ether oxygens (including phenoxy) is 1. The lowest BCUT2D eigenvalue weighted by Gasteiger charge is -2.14. The van der Waals surface area contributed by atoms with Gasteiger partial charge in [-0.1, -0.05) is 0 Å². The number of carboxylic acids is 1. The fraction of sp³-hybridized carbons (Fsp3) is 0.455. The Balaban J connectivity index is 2.68. The third-order valence-corrected chi connectivity index (χ3v) is 2.45. The molecule has 1 aromatic rings. The molecule has 9 nitrogen and oxygen atoms in total. The van der Waals surface area contributed by atoms with E-state index in [0.717, 1.165) is 16.8 Å². The average Bonchev–Trinajstić information content (AvgIpc) is 2.37. The van der Waals surface area contributed by atoms with Gasteiger partial charge < -0.3 is 15.2 Å². The molecule has 1 atom stereocenters. The fourth-order valence-electron chi connectivity index (χ4n) is 1.46. The van der Waals surface area contributed by atoms with Gasteiger partial charge in [0.05, 0.1) is 0 Å². The van der Waals surface area contributed by atoms with Crippen molar-refractivity contribution in [2.24, 2.45) is 0 Å². The third kappa shape index (κ3) is 4.69. The summed E-state index contributed by atoms with van der Waals surface area (Å²) in [5.74, 6) is -1.84. The molecule has 1 heterocycles. The van der Waals surface area contributed by atoms with Gasteiger partial charge in [0, 0.05) is 32.4 Å². The molecule has 0 aliphatic carbocycles. The smallest absolute Gasteiger partial charge is 0.328 e.